The molecule has 0 aromatic carbocycles. The maximum atomic E-state index is 11.0. The number of nitrogens with zero attached hydrogens (tertiary/aromatic N) is 1. The van der Waals surface area contributed by atoms with Gasteiger partial charge in [-0.15, -0.1) is 0 Å². The van der Waals surface area contributed by atoms with Crippen LogP contribution in [0.1, 0.15) is 32.1 Å². The van der Waals surface area contributed by atoms with Gasteiger partial charge >= 0.3 is 5.97 Å². The molecule has 1 saturated carbocycles. The number of carbonyl (C=O) groups is 1. The lowest BCUT2D eigenvalue weighted by Gasteiger charge is -2.27. The van der Waals surface area contributed by atoms with Crippen LogP contribution in [0.15, 0.2) is 0 Å². The Balaban J connectivity index is 1.63. The molecule has 0 aromatic heterocycles. The quantitative estimate of drug-likeness (QED) is 0.707. The van der Waals surface area contributed by atoms with E-state index in [2.05, 4.69) is 10.2 Å². The summed E-state index contributed by atoms with van der Waals surface area (Å²) in [6, 6.07) is -0.301. The molecule has 1 saturated heterocycles. The van der Waals surface area contributed by atoms with Crippen LogP contribution in [0.3, 0.4) is 0 Å². The first-order valence-electron chi connectivity index (χ1n) is 6.46. The van der Waals surface area contributed by atoms with Gasteiger partial charge in [0, 0.05) is 13.1 Å². The molecule has 0 bridgehead atoms. The van der Waals surface area contributed by atoms with Gasteiger partial charge in [-0.05, 0) is 44.7 Å². The van der Waals surface area contributed by atoms with Gasteiger partial charge in [0.05, 0.1) is 0 Å². The highest BCUT2D eigenvalue weighted by Gasteiger charge is 2.35. The van der Waals surface area contributed by atoms with Crippen LogP contribution in [0.2, 0.25) is 0 Å². The summed E-state index contributed by atoms with van der Waals surface area (Å²) in [5, 5.41) is 12.2. The highest BCUT2D eigenvalue weighted by atomic mass is 16.4. The van der Waals surface area contributed by atoms with E-state index in [1.807, 2.05) is 0 Å². The van der Waals surface area contributed by atoms with E-state index >= 15 is 0 Å². The van der Waals surface area contributed by atoms with E-state index in [-0.39, 0.29) is 6.04 Å². The molecule has 1 atom stereocenters. The van der Waals surface area contributed by atoms with Crippen molar-refractivity contribution in [1.82, 2.24) is 10.2 Å². The molecule has 2 fully saturated rings. The normalized spacial score (nSPS) is 24.2. The molecule has 92 valence electrons. The van der Waals surface area contributed by atoms with Gasteiger partial charge in [0.25, 0.3) is 0 Å². The molecule has 0 aromatic rings. The average Bonchev–Trinajstić information content (AvgIpc) is 3.09. The minimum atomic E-state index is -0.679. The van der Waals surface area contributed by atoms with Crippen molar-refractivity contribution in [3.63, 3.8) is 0 Å². The summed E-state index contributed by atoms with van der Waals surface area (Å²) in [6.07, 6.45) is 6.10. The van der Waals surface area contributed by atoms with Crippen LogP contribution in [0.4, 0.5) is 0 Å². The lowest BCUT2D eigenvalue weighted by Crippen LogP contribution is -2.43. The molecule has 2 rings (SSSR count). The maximum absolute atomic E-state index is 11.0. The molecule has 16 heavy (non-hydrogen) atoms. The fourth-order valence-corrected chi connectivity index (χ4v) is 2.45. The Kier molecular flexibility index (Phi) is 4.18. The van der Waals surface area contributed by atoms with E-state index < -0.39 is 5.97 Å². The highest BCUT2D eigenvalue weighted by molar-refractivity contribution is 5.74. The number of rotatable bonds is 6. The summed E-state index contributed by atoms with van der Waals surface area (Å²) in [7, 11) is 0. The van der Waals surface area contributed by atoms with Gasteiger partial charge in [-0.1, -0.05) is 6.42 Å². The van der Waals surface area contributed by atoms with Crippen molar-refractivity contribution >= 4 is 5.97 Å². The van der Waals surface area contributed by atoms with Crippen LogP contribution in [0, 0.1) is 5.92 Å². The molecular weight excluding hydrogens is 204 g/mol. The fraction of sp³-hybridized carbons (Fsp3) is 0.917. The molecule has 2 aliphatic rings. The zero-order valence-corrected chi connectivity index (χ0v) is 9.82. The highest BCUT2D eigenvalue weighted by Crippen LogP contribution is 2.32. The first kappa shape index (κ1) is 11.9. The van der Waals surface area contributed by atoms with Crippen LogP contribution >= 0.6 is 0 Å². The SMILES string of the molecule is O=C(O)C(NCCN1CCCCC1)C1CC1. The topological polar surface area (TPSA) is 52.6 Å². The molecule has 1 aliphatic carbocycles. The summed E-state index contributed by atoms with van der Waals surface area (Å²) in [6.45, 7) is 4.18. The number of nitrogens with one attached hydrogen (secondary N) is 1. The molecule has 0 amide bonds. The number of hydrogen-bond donors (Lipinski definition) is 2. The Morgan fingerprint density at radius 3 is 2.56 bits per heavy atom. The molecule has 0 spiro atoms. The van der Waals surface area contributed by atoms with Gasteiger partial charge in [0.1, 0.15) is 6.04 Å². The lowest BCUT2D eigenvalue weighted by molar-refractivity contribution is -0.140. The van der Waals surface area contributed by atoms with Crippen LogP contribution in [-0.2, 0) is 4.79 Å². The third kappa shape index (κ3) is 3.46. The molecule has 4 heteroatoms. The number of carboxylic acid groups (broad SMARTS) is 1. The van der Waals surface area contributed by atoms with Crippen molar-refractivity contribution in [2.45, 2.75) is 38.1 Å². The molecule has 1 aliphatic heterocycles. The van der Waals surface area contributed by atoms with Crippen LogP contribution < -0.4 is 5.32 Å². The van der Waals surface area contributed by atoms with Crippen molar-refractivity contribution in [2.24, 2.45) is 5.92 Å². The van der Waals surface area contributed by atoms with Gasteiger partial charge in [-0.2, -0.15) is 0 Å². The molecule has 1 heterocycles. The number of likely N-dealkylation sites (tertiary alicyclic amines) is 1. The fourth-order valence-electron chi connectivity index (χ4n) is 2.45. The Bertz CT molecular complexity index is 235. The van der Waals surface area contributed by atoms with Gasteiger partial charge in [0.15, 0.2) is 0 Å². The van der Waals surface area contributed by atoms with Crippen LogP contribution in [-0.4, -0.2) is 48.2 Å². The zero-order valence-electron chi connectivity index (χ0n) is 9.82. The zero-order chi connectivity index (χ0) is 11.4. The van der Waals surface area contributed by atoms with E-state index in [1.54, 1.807) is 0 Å². The molecule has 2 N–H and O–H groups in total. The second kappa shape index (κ2) is 5.64. The Morgan fingerprint density at radius 1 is 1.31 bits per heavy atom. The Labute approximate surface area is 97.0 Å². The van der Waals surface area contributed by atoms with Crippen molar-refractivity contribution in [2.75, 3.05) is 26.2 Å². The number of hydrogen-bond acceptors (Lipinski definition) is 3. The van der Waals surface area contributed by atoms with Crippen molar-refractivity contribution in [3.05, 3.63) is 0 Å². The van der Waals surface area contributed by atoms with Crippen molar-refractivity contribution in [3.8, 4) is 0 Å². The second-order valence-electron chi connectivity index (χ2n) is 5.01. The third-order valence-corrected chi connectivity index (χ3v) is 3.60. The molecule has 0 radical (unpaired) electrons. The summed E-state index contributed by atoms with van der Waals surface area (Å²) >= 11 is 0. The Hall–Kier alpha value is -0.610. The van der Waals surface area contributed by atoms with Gasteiger partial charge in [-0.3, -0.25) is 4.79 Å². The predicted molar refractivity (Wildman–Crippen MR) is 62.4 cm³/mol. The monoisotopic (exact) mass is 226 g/mol. The summed E-state index contributed by atoms with van der Waals surface area (Å²) < 4.78 is 0. The standard InChI is InChI=1S/C12H22N2O2/c15-12(16)11(10-4-5-10)13-6-9-14-7-2-1-3-8-14/h10-11,13H,1-9H2,(H,15,16). The van der Waals surface area contributed by atoms with Gasteiger partial charge < -0.3 is 15.3 Å². The number of aliphatic carboxylic acids is 1. The van der Waals surface area contributed by atoms with Gasteiger partial charge in [0.2, 0.25) is 0 Å². The number of piperidine rings is 1. The van der Waals surface area contributed by atoms with Crippen LogP contribution in [0.25, 0.3) is 0 Å². The summed E-state index contributed by atoms with van der Waals surface area (Å²) in [5.41, 5.74) is 0. The van der Waals surface area contributed by atoms with Crippen molar-refractivity contribution in [1.29, 1.82) is 0 Å². The molecule has 4 nitrogen and oxygen atoms in total. The first-order chi connectivity index (χ1) is 7.77. The average molecular weight is 226 g/mol. The van der Waals surface area contributed by atoms with Crippen LogP contribution in [0.5, 0.6) is 0 Å². The summed E-state index contributed by atoms with van der Waals surface area (Å²) in [4.78, 5) is 13.4. The summed E-state index contributed by atoms with van der Waals surface area (Å²) in [5.74, 6) is -0.292. The largest absolute Gasteiger partial charge is 0.480 e. The molecule has 1 unspecified atom stereocenters. The third-order valence-electron chi connectivity index (χ3n) is 3.60. The van der Waals surface area contributed by atoms with E-state index in [0.717, 1.165) is 25.9 Å². The minimum absolute atomic E-state index is 0.301. The van der Waals surface area contributed by atoms with Crippen molar-refractivity contribution < 1.29 is 9.90 Å². The van der Waals surface area contributed by atoms with E-state index in [1.165, 1.54) is 32.4 Å². The lowest BCUT2D eigenvalue weighted by atomic mass is 10.1. The van der Waals surface area contributed by atoms with E-state index in [9.17, 15) is 4.79 Å². The number of carboxylic acids is 1. The first-order valence-corrected chi connectivity index (χ1v) is 6.46. The maximum Gasteiger partial charge on any atom is 0.320 e. The van der Waals surface area contributed by atoms with E-state index in [0.29, 0.717) is 5.92 Å². The molecular formula is C12H22N2O2. The smallest absolute Gasteiger partial charge is 0.320 e. The second-order valence-corrected chi connectivity index (χ2v) is 5.01. The Morgan fingerprint density at radius 2 is 2.00 bits per heavy atom. The predicted octanol–water partition coefficient (Wildman–Crippen LogP) is 0.925. The minimum Gasteiger partial charge on any atom is -0.480 e. The van der Waals surface area contributed by atoms with E-state index in [4.69, 9.17) is 5.11 Å². The van der Waals surface area contributed by atoms with Gasteiger partial charge in [-0.25, -0.2) is 0 Å².